The number of nitrogens with zero attached hydrogens (tertiary/aromatic N) is 5. The first-order valence-corrected chi connectivity index (χ1v) is 16.1. The van der Waals surface area contributed by atoms with Crippen molar-refractivity contribution in [1.29, 1.82) is 0 Å². The normalized spacial score (nSPS) is 21.0. The van der Waals surface area contributed by atoms with Gasteiger partial charge in [0.1, 0.15) is 35.2 Å². The highest BCUT2D eigenvalue weighted by Gasteiger charge is 2.45. The second-order valence-electron chi connectivity index (χ2n) is 12.9. The third-order valence-electron chi connectivity index (χ3n) is 10.3. The Kier molecular flexibility index (Phi) is 6.91. The summed E-state index contributed by atoms with van der Waals surface area (Å²) in [4.78, 5) is 19.3. The quantitative estimate of drug-likeness (QED) is 0.277. The van der Waals surface area contributed by atoms with Crippen molar-refractivity contribution in [2.75, 3.05) is 44.4 Å². The number of fused-ring (bicyclic) bond motifs is 4. The highest BCUT2D eigenvalue weighted by molar-refractivity contribution is 6.05. The molecule has 6 heterocycles. The smallest absolute Gasteiger partial charge is 0.319 e. The Morgan fingerprint density at radius 2 is 1.84 bits per heavy atom. The first-order chi connectivity index (χ1) is 21.9. The molecular weight excluding hydrogens is 576 g/mol. The molecule has 0 radical (unpaired) electrons. The molecule has 234 valence electrons. The van der Waals surface area contributed by atoms with Crippen molar-refractivity contribution in [2.45, 2.75) is 64.0 Å². The molecule has 0 amide bonds. The highest BCUT2D eigenvalue weighted by Crippen LogP contribution is 2.44. The molecule has 4 aromatic rings. The van der Waals surface area contributed by atoms with Crippen LogP contribution in [0.5, 0.6) is 11.8 Å². The van der Waals surface area contributed by atoms with Gasteiger partial charge in [-0.3, -0.25) is 4.90 Å². The number of benzene rings is 2. The van der Waals surface area contributed by atoms with Gasteiger partial charge in [0.15, 0.2) is 5.82 Å². The monoisotopic (exact) mass is 613 g/mol. The number of allylic oxidation sites excluding steroid dienone is 1. The number of ether oxygens (including phenoxy) is 2. The summed E-state index contributed by atoms with van der Waals surface area (Å²) in [5.74, 6) is -0.507. The van der Waals surface area contributed by atoms with Crippen molar-refractivity contribution in [3.8, 4) is 23.0 Å². The number of pyridine rings is 1. The van der Waals surface area contributed by atoms with Crippen LogP contribution >= 0.6 is 0 Å². The summed E-state index contributed by atoms with van der Waals surface area (Å²) in [6.07, 6.45) is 7.69. The van der Waals surface area contributed by atoms with Gasteiger partial charge in [0, 0.05) is 18.7 Å². The molecule has 0 spiro atoms. The van der Waals surface area contributed by atoms with Gasteiger partial charge < -0.3 is 19.5 Å². The van der Waals surface area contributed by atoms with Gasteiger partial charge in [-0.25, -0.2) is 13.8 Å². The number of rotatable bonds is 5. The molecule has 3 saturated heterocycles. The molecule has 1 N–H and O–H groups in total. The third kappa shape index (κ3) is 4.55. The number of halogens is 2. The first-order valence-electron chi connectivity index (χ1n) is 16.1. The van der Waals surface area contributed by atoms with E-state index in [1.807, 2.05) is 13.8 Å². The predicted molar refractivity (Wildman–Crippen MR) is 170 cm³/mol. The maximum Gasteiger partial charge on any atom is 0.319 e. The molecule has 8 rings (SSSR count). The van der Waals surface area contributed by atoms with Crippen LogP contribution in [-0.4, -0.2) is 76.0 Å². The molecule has 4 aliphatic rings. The summed E-state index contributed by atoms with van der Waals surface area (Å²) >= 11 is 0. The van der Waals surface area contributed by atoms with Crippen molar-refractivity contribution in [3.63, 3.8) is 0 Å². The Labute approximate surface area is 260 Å². The Balaban J connectivity index is 1.37. The van der Waals surface area contributed by atoms with E-state index < -0.39 is 5.82 Å². The average molecular weight is 614 g/mol. The number of hydrogen-bond acceptors (Lipinski definition) is 8. The minimum absolute atomic E-state index is 0.00625. The van der Waals surface area contributed by atoms with Crippen LogP contribution in [0.3, 0.4) is 0 Å². The number of phenolic OH excluding ortho intramolecular Hbond substituents is 1. The van der Waals surface area contributed by atoms with E-state index in [2.05, 4.69) is 15.9 Å². The number of aromatic hydroxyl groups is 1. The lowest BCUT2D eigenvalue weighted by Crippen LogP contribution is -2.43. The van der Waals surface area contributed by atoms with Crippen molar-refractivity contribution < 1.29 is 23.4 Å². The van der Waals surface area contributed by atoms with Gasteiger partial charge in [-0.05, 0) is 98.6 Å². The molecule has 2 aromatic heterocycles. The van der Waals surface area contributed by atoms with Crippen LogP contribution in [0.15, 0.2) is 30.3 Å². The summed E-state index contributed by atoms with van der Waals surface area (Å²) < 4.78 is 44.6. The van der Waals surface area contributed by atoms with Crippen molar-refractivity contribution in [1.82, 2.24) is 19.9 Å². The molecule has 0 aliphatic carbocycles. The largest absolute Gasteiger partial charge is 0.508 e. The van der Waals surface area contributed by atoms with E-state index in [4.69, 9.17) is 24.4 Å². The average Bonchev–Trinajstić information content (AvgIpc) is 3.50. The summed E-state index contributed by atoms with van der Waals surface area (Å²) in [7, 11) is 0. The van der Waals surface area contributed by atoms with Crippen molar-refractivity contribution >= 4 is 33.1 Å². The first kappa shape index (κ1) is 28.6. The molecule has 2 aromatic carbocycles. The molecule has 45 heavy (non-hydrogen) atoms. The second-order valence-corrected chi connectivity index (χ2v) is 12.9. The Morgan fingerprint density at radius 1 is 1.02 bits per heavy atom. The van der Waals surface area contributed by atoms with Gasteiger partial charge in [-0.15, -0.1) is 0 Å². The molecule has 3 fully saturated rings. The summed E-state index contributed by atoms with van der Waals surface area (Å²) in [5, 5.41) is 12.4. The summed E-state index contributed by atoms with van der Waals surface area (Å²) in [6, 6.07) is 6.04. The van der Waals surface area contributed by atoms with E-state index in [9.17, 15) is 5.11 Å². The molecule has 1 atom stereocenters. The van der Waals surface area contributed by atoms with Crippen LogP contribution in [0.1, 0.15) is 57.2 Å². The SMILES string of the molecule is CCc1c(F)ccc2cc(O)cc(-c3nc4c5c(nc(OCC67CCCN6CCC7)nc5c3F)N3CCCOCC3C=C4C)c12. The number of hydrogen-bond donors (Lipinski definition) is 1. The maximum atomic E-state index is 17.1. The zero-order valence-corrected chi connectivity index (χ0v) is 25.7. The lowest BCUT2D eigenvalue weighted by Gasteiger charge is -2.32. The number of aryl methyl sites for hydroxylation is 1. The fraction of sp³-hybridized carbons (Fsp3) is 0.457. The highest BCUT2D eigenvalue weighted by atomic mass is 19.1. The van der Waals surface area contributed by atoms with Crippen molar-refractivity contribution in [2.24, 2.45) is 0 Å². The minimum Gasteiger partial charge on any atom is -0.508 e. The molecule has 10 heteroatoms. The van der Waals surface area contributed by atoms with E-state index in [1.54, 1.807) is 12.1 Å². The minimum atomic E-state index is -0.653. The van der Waals surface area contributed by atoms with Gasteiger partial charge in [0.25, 0.3) is 0 Å². The molecular formula is C35H37F2N5O3. The van der Waals surface area contributed by atoms with Gasteiger partial charge in [-0.2, -0.15) is 9.97 Å². The van der Waals surface area contributed by atoms with E-state index in [0.717, 1.165) is 50.8 Å². The van der Waals surface area contributed by atoms with Crippen LogP contribution in [0.2, 0.25) is 0 Å². The van der Waals surface area contributed by atoms with Gasteiger partial charge in [-0.1, -0.05) is 19.1 Å². The van der Waals surface area contributed by atoms with Crippen LogP contribution in [0.4, 0.5) is 14.6 Å². The second kappa shape index (κ2) is 10.9. The molecule has 4 aliphatic heterocycles. The summed E-state index contributed by atoms with van der Waals surface area (Å²) in [6.45, 7) is 8.18. The van der Waals surface area contributed by atoms with Gasteiger partial charge in [0.2, 0.25) is 0 Å². The van der Waals surface area contributed by atoms with Crippen LogP contribution in [-0.2, 0) is 11.2 Å². The van der Waals surface area contributed by atoms with Gasteiger partial charge >= 0.3 is 6.01 Å². The topological polar surface area (TPSA) is 83.8 Å². The molecule has 8 nitrogen and oxygen atoms in total. The van der Waals surface area contributed by atoms with E-state index >= 15 is 8.78 Å². The lowest BCUT2D eigenvalue weighted by atomic mass is 9.94. The fourth-order valence-electron chi connectivity index (χ4n) is 8.13. The van der Waals surface area contributed by atoms with Crippen molar-refractivity contribution in [3.05, 3.63) is 53.2 Å². The molecule has 0 saturated carbocycles. The van der Waals surface area contributed by atoms with E-state index in [0.29, 0.717) is 71.6 Å². The number of anilines is 1. The zero-order valence-electron chi connectivity index (χ0n) is 25.7. The van der Waals surface area contributed by atoms with Gasteiger partial charge in [0.05, 0.1) is 29.3 Å². The third-order valence-corrected chi connectivity index (χ3v) is 10.3. The Hall–Kier alpha value is -3.89. The number of aromatic nitrogens is 3. The number of phenols is 1. The fourth-order valence-corrected chi connectivity index (χ4v) is 8.13. The van der Waals surface area contributed by atoms with E-state index in [-0.39, 0.29) is 40.4 Å². The maximum absolute atomic E-state index is 17.1. The van der Waals surface area contributed by atoms with Crippen LogP contribution in [0.25, 0.3) is 38.5 Å². The molecule has 1 unspecified atom stereocenters. The zero-order chi connectivity index (χ0) is 30.9. The standard InChI is InChI=1S/C35H37F2N5O3/c1-3-24-26(36)8-7-21-16-23(43)17-25(27(21)24)31-29(37)32-28-30(38-31)20(2)15-22-18-44-14-6-13-42(22)33(28)40-34(39-32)45-19-35-9-4-11-41(35)12-5-10-35/h7-8,15-17,22,43H,3-6,9-14,18-19H2,1-2H3. The Bertz CT molecular complexity index is 1870. The lowest BCUT2D eigenvalue weighted by molar-refractivity contribution is 0.108. The van der Waals surface area contributed by atoms with Crippen LogP contribution < -0.4 is 9.64 Å². The Morgan fingerprint density at radius 3 is 2.64 bits per heavy atom. The molecule has 0 bridgehead atoms. The summed E-state index contributed by atoms with van der Waals surface area (Å²) in [5.41, 5.74) is 2.24. The van der Waals surface area contributed by atoms with Crippen LogP contribution in [0, 0.1) is 11.6 Å². The van der Waals surface area contributed by atoms with E-state index in [1.165, 1.54) is 12.1 Å². The predicted octanol–water partition coefficient (Wildman–Crippen LogP) is 6.41.